The van der Waals surface area contributed by atoms with Gasteiger partial charge in [-0.15, -0.1) is 0 Å². The molecule has 1 aliphatic carbocycles. The van der Waals surface area contributed by atoms with E-state index < -0.39 is 0 Å². The molecule has 0 aromatic heterocycles. The van der Waals surface area contributed by atoms with Crippen LogP contribution in [0.2, 0.25) is 0 Å². The molecule has 0 spiro atoms. The molecule has 1 heterocycles. The van der Waals surface area contributed by atoms with E-state index in [-0.39, 0.29) is 0 Å². The number of likely N-dealkylation sites (tertiary alicyclic amines) is 1. The zero-order chi connectivity index (χ0) is 15.8. The Kier molecular flexibility index (Phi) is 7.50. The molecular weight excluding hydrogens is 272 g/mol. The molecule has 0 aromatic carbocycles. The predicted octanol–water partition coefficient (Wildman–Crippen LogP) is 2.85. The lowest BCUT2D eigenvalue weighted by Gasteiger charge is -2.24. The fourth-order valence-electron chi connectivity index (χ4n) is 3.90. The molecule has 4 nitrogen and oxygen atoms in total. The summed E-state index contributed by atoms with van der Waals surface area (Å²) in [6.45, 7) is 5.77. The van der Waals surface area contributed by atoms with Crippen LogP contribution in [0.4, 0.5) is 0 Å². The van der Waals surface area contributed by atoms with Crippen LogP contribution in [0.3, 0.4) is 0 Å². The largest absolute Gasteiger partial charge is 0.356 e. The number of aliphatic imine (C=N–C) groups is 1. The first kappa shape index (κ1) is 17.6. The zero-order valence-corrected chi connectivity index (χ0v) is 14.9. The molecule has 1 saturated heterocycles. The molecule has 0 amide bonds. The summed E-state index contributed by atoms with van der Waals surface area (Å²) in [7, 11) is 4.09. The number of nitrogens with zero attached hydrogens (tertiary/aromatic N) is 2. The molecule has 0 bridgehead atoms. The molecule has 1 saturated carbocycles. The molecule has 2 N–H and O–H groups in total. The highest BCUT2D eigenvalue weighted by Gasteiger charge is 2.20. The zero-order valence-electron chi connectivity index (χ0n) is 14.9. The van der Waals surface area contributed by atoms with Gasteiger partial charge in [0, 0.05) is 26.2 Å². The second-order valence-electron chi connectivity index (χ2n) is 7.50. The van der Waals surface area contributed by atoms with Gasteiger partial charge in [-0.05, 0) is 51.6 Å². The van der Waals surface area contributed by atoms with E-state index in [0.717, 1.165) is 24.3 Å². The molecule has 4 heteroatoms. The summed E-state index contributed by atoms with van der Waals surface area (Å²) >= 11 is 0. The van der Waals surface area contributed by atoms with Crippen LogP contribution >= 0.6 is 0 Å². The van der Waals surface area contributed by atoms with Gasteiger partial charge in [0.2, 0.25) is 0 Å². The van der Waals surface area contributed by atoms with Crippen LogP contribution in [0.1, 0.15) is 58.3 Å². The second kappa shape index (κ2) is 9.39. The Balaban J connectivity index is 1.61. The number of hydrogen-bond donors (Lipinski definition) is 2. The molecule has 2 aliphatic rings. The standard InChI is InChI=1S/C18H36N4/c1-15(9-10-16-7-5-4-6-8-16)21-18(19-2)20-13-17-11-12-22(3)14-17/h15-17H,4-14H2,1-3H3,(H2,19,20,21). The van der Waals surface area contributed by atoms with Gasteiger partial charge in [0.1, 0.15) is 0 Å². The molecule has 1 aliphatic heterocycles. The fourth-order valence-corrected chi connectivity index (χ4v) is 3.90. The highest BCUT2D eigenvalue weighted by molar-refractivity contribution is 5.79. The molecule has 0 radical (unpaired) electrons. The van der Waals surface area contributed by atoms with Crippen molar-refractivity contribution in [2.24, 2.45) is 16.8 Å². The van der Waals surface area contributed by atoms with Gasteiger partial charge in [-0.1, -0.05) is 32.1 Å². The summed E-state index contributed by atoms with van der Waals surface area (Å²) in [5.41, 5.74) is 0. The molecular formula is C18H36N4. The lowest BCUT2D eigenvalue weighted by atomic mass is 9.85. The van der Waals surface area contributed by atoms with E-state index in [4.69, 9.17) is 0 Å². The maximum atomic E-state index is 4.38. The smallest absolute Gasteiger partial charge is 0.191 e. The quantitative estimate of drug-likeness (QED) is 0.585. The molecule has 2 fully saturated rings. The van der Waals surface area contributed by atoms with Crippen molar-refractivity contribution in [2.75, 3.05) is 33.7 Å². The van der Waals surface area contributed by atoms with Gasteiger partial charge in [0.25, 0.3) is 0 Å². The first-order chi connectivity index (χ1) is 10.7. The lowest BCUT2D eigenvalue weighted by Crippen LogP contribution is -2.44. The summed E-state index contributed by atoms with van der Waals surface area (Å²) in [5, 5.41) is 7.08. The Morgan fingerprint density at radius 3 is 2.59 bits per heavy atom. The van der Waals surface area contributed by atoms with Crippen molar-refractivity contribution in [1.29, 1.82) is 0 Å². The minimum absolute atomic E-state index is 0.513. The van der Waals surface area contributed by atoms with Crippen molar-refractivity contribution in [2.45, 2.75) is 64.3 Å². The lowest BCUT2D eigenvalue weighted by molar-refractivity contribution is 0.322. The Morgan fingerprint density at radius 2 is 1.95 bits per heavy atom. The highest BCUT2D eigenvalue weighted by atomic mass is 15.2. The van der Waals surface area contributed by atoms with E-state index in [1.54, 1.807) is 0 Å². The average molecular weight is 309 g/mol. The van der Waals surface area contributed by atoms with E-state index in [1.807, 2.05) is 7.05 Å². The minimum atomic E-state index is 0.513. The van der Waals surface area contributed by atoms with Gasteiger partial charge in [0.15, 0.2) is 5.96 Å². The number of hydrogen-bond acceptors (Lipinski definition) is 2. The van der Waals surface area contributed by atoms with Crippen LogP contribution in [-0.4, -0.2) is 50.6 Å². The number of rotatable bonds is 6. The van der Waals surface area contributed by atoms with Crippen molar-refractivity contribution < 1.29 is 0 Å². The highest BCUT2D eigenvalue weighted by Crippen LogP contribution is 2.27. The Labute approximate surface area is 137 Å². The Bertz CT molecular complexity index is 336. The summed E-state index contributed by atoms with van der Waals surface area (Å²) in [4.78, 5) is 6.80. The average Bonchev–Trinajstić information content (AvgIpc) is 2.96. The fraction of sp³-hybridized carbons (Fsp3) is 0.944. The molecule has 2 rings (SSSR count). The Morgan fingerprint density at radius 1 is 1.18 bits per heavy atom. The van der Waals surface area contributed by atoms with Crippen molar-refractivity contribution in [3.8, 4) is 0 Å². The molecule has 22 heavy (non-hydrogen) atoms. The number of nitrogens with one attached hydrogen (secondary N) is 2. The van der Waals surface area contributed by atoms with Crippen molar-refractivity contribution >= 4 is 5.96 Å². The van der Waals surface area contributed by atoms with Crippen molar-refractivity contribution in [3.63, 3.8) is 0 Å². The third kappa shape index (κ3) is 6.15. The molecule has 128 valence electrons. The normalized spacial score (nSPS) is 26.1. The predicted molar refractivity (Wildman–Crippen MR) is 95.4 cm³/mol. The van der Waals surface area contributed by atoms with E-state index in [1.165, 1.54) is 64.5 Å². The first-order valence-corrected chi connectivity index (χ1v) is 9.33. The molecule has 2 unspecified atom stereocenters. The van der Waals surface area contributed by atoms with E-state index in [9.17, 15) is 0 Å². The van der Waals surface area contributed by atoms with Crippen molar-refractivity contribution in [3.05, 3.63) is 0 Å². The van der Waals surface area contributed by atoms with Gasteiger partial charge >= 0.3 is 0 Å². The van der Waals surface area contributed by atoms with Gasteiger partial charge in [-0.25, -0.2) is 0 Å². The van der Waals surface area contributed by atoms with Crippen LogP contribution < -0.4 is 10.6 Å². The van der Waals surface area contributed by atoms with E-state index in [0.29, 0.717) is 6.04 Å². The van der Waals surface area contributed by atoms with Crippen LogP contribution in [-0.2, 0) is 0 Å². The first-order valence-electron chi connectivity index (χ1n) is 9.33. The summed E-state index contributed by atoms with van der Waals surface area (Å²) < 4.78 is 0. The summed E-state index contributed by atoms with van der Waals surface area (Å²) in [5.74, 6) is 2.72. The molecule has 2 atom stereocenters. The maximum absolute atomic E-state index is 4.38. The third-order valence-corrected chi connectivity index (χ3v) is 5.39. The monoisotopic (exact) mass is 308 g/mol. The summed E-state index contributed by atoms with van der Waals surface area (Å²) in [6, 6.07) is 0.513. The van der Waals surface area contributed by atoms with Crippen LogP contribution in [0.5, 0.6) is 0 Å². The molecule has 0 aromatic rings. The van der Waals surface area contributed by atoms with Gasteiger partial charge < -0.3 is 15.5 Å². The van der Waals surface area contributed by atoms with Gasteiger partial charge in [-0.2, -0.15) is 0 Å². The van der Waals surface area contributed by atoms with Crippen LogP contribution in [0.15, 0.2) is 4.99 Å². The van der Waals surface area contributed by atoms with Gasteiger partial charge in [-0.3, -0.25) is 4.99 Å². The third-order valence-electron chi connectivity index (χ3n) is 5.39. The van der Waals surface area contributed by atoms with E-state index >= 15 is 0 Å². The van der Waals surface area contributed by atoms with E-state index in [2.05, 4.69) is 34.5 Å². The topological polar surface area (TPSA) is 39.7 Å². The SMILES string of the molecule is CN=C(NCC1CCN(C)C1)NC(C)CCC1CCCCC1. The van der Waals surface area contributed by atoms with Crippen LogP contribution in [0.25, 0.3) is 0 Å². The second-order valence-corrected chi connectivity index (χ2v) is 7.50. The maximum Gasteiger partial charge on any atom is 0.191 e. The summed E-state index contributed by atoms with van der Waals surface area (Å²) in [6.07, 6.45) is 11.2. The minimum Gasteiger partial charge on any atom is -0.356 e. The van der Waals surface area contributed by atoms with Crippen molar-refractivity contribution in [1.82, 2.24) is 15.5 Å². The van der Waals surface area contributed by atoms with Crippen LogP contribution in [0, 0.1) is 11.8 Å². The van der Waals surface area contributed by atoms with Gasteiger partial charge in [0.05, 0.1) is 0 Å². The number of guanidine groups is 1. The Hall–Kier alpha value is -0.770.